The molecule has 0 amide bonds. The first kappa shape index (κ1) is 10.7. The molecule has 0 bridgehead atoms. The summed E-state index contributed by atoms with van der Waals surface area (Å²) in [5.41, 5.74) is 0. The van der Waals surface area contributed by atoms with Gasteiger partial charge in [0.2, 0.25) is 0 Å². The van der Waals surface area contributed by atoms with Crippen LogP contribution in [0.25, 0.3) is 0 Å². The lowest BCUT2D eigenvalue weighted by Crippen LogP contribution is -2.22. The van der Waals surface area contributed by atoms with Crippen LogP contribution in [-0.2, 0) is 4.74 Å². The van der Waals surface area contributed by atoms with Crippen LogP contribution in [0.15, 0.2) is 24.0 Å². The Bertz CT molecular complexity index is 245. The Kier molecular flexibility index (Phi) is 4.27. The van der Waals surface area contributed by atoms with Gasteiger partial charge in [-0.3, -0.25) is 5.32 Å². The second-order valence-corrected chi connectivity index (χ2v) is 4.39. The molecule has 15 heavy (non-hydrogen) atoms. The van der Waals surface area contributed by atoms with Gasteiger partial charge in [0.15, 0.2) is 0 Å². The molecular formula is C13H21NO. The van der Waals surface area contributed by atoms with Crippen LogP contribution >= 0.6 is 0 Å². The maximum Gasteiger partial charge on any atom is 0.139 e. The van der Waals surface area contributed by atoms with Gasteiger partial charge in [-0.25, -0.2) is 0 Å². The monoisotopic (exact) mass is 207 g/mol. The van der Waals surface area contributed by atoms with Gasteiger partial charge in [0.25, 0.3) is 0 Å². The molecule has 0 saturated carbocycles. The van der Waals surface area contributed by atoms with E-state index in [2.05, 4.69) is 23.5 Å². The molecule has 1 aliphatic carbocycles. The van der Waals surface area contributed by atoms with Crippen LogP contribution in [0.3, 0.4) is 0 Å². The highest BCUT2D eigenvalue weighted by molar-refractivity contribution is 5.14. The van der Waals surface area contributed by atoms with Crippen molar-refractivity contribution in [1.29, 1.82) is 0 Å². The fourth-order valence-corrected chi connectivity index (χ4v) is 2.24. The molecule has 2 nitrogen and oxygen atoms in total. The first-order chi connectivity index (χ1) is 7.47. The van der Waals surface area contributed by atoms with Crippen molar-refractivity contribution in [1.82, 2.24) is 5.32 Å². The van der Waals surface area contributed by atoms with Gasteiger partial charge in [-0.1, -0.05) is 37.8 Å². The van der Waals surface area contributed by atoms with Gasteiger partial charge < -0.3 is 4.74 Å². The van der Waals surface area contributed by atoms with E-state index >= 15 is 0 Å². The summed E-state index contributed by atoms with van der Waals surface area (Å²) in [4.78, 5) is 0. The molecule has 1 unspecified atom stereocenters. The maximum atomic E-state index is 5.56. The average Bonchev–Trinajstić information content (AvgIpc) is 2.65. The molecule has 0 aromatic heterocycles. The minimum Gasteiger partial charge on any atom is -0.481 e. The standard InChI is InChI=1S/C13H21NO/c1-2-4-6-8-10-13-12(14-11-15-13)9-7-5-3-1/h6,8,10,12,14H,1-5,7,9,11H2/b8-6-,13-10+. The largest absolute Gasteiger partial charge is 0.481 e. The van der Waals surface area contributed by atoms with Crippen molar-refractivity contribution in [3.63, 3.8) is 0 Å². The molecule has 0 aromatic rings. The molecule has 2 rings (SSSR count). The number of fused-ring (bicyclic) bond motifs is 1. The molecular weight excluding hydrogens is 186 g/mol. The Labute approximate surface area is 92.4 Å². The summed E-state index contributed by atoms with van der Waals surface area (Å²) >= 11 is 0. The SMILES string of the molecule is C1=C\CCCCCCCC2NCO/C2=C/1. The smallest absolute Gasteiger partial charge is 0.139 e. The van der Waals surface area contributed by atoms with Crippen molar-refractivity contribution in [3.8, 4) is 0 Å². The molecule has 2 aliphatic rings. The lowest BCUT2D eigenvalue weighted by molar-refractivity contribution is 0.253. The van der Waals surface area contributed by atoms with Crippen LogP contribution in [0.1, 0.15) is 44.9 Å². The number of hydrogen-bond donors (Lipinski definition) is 1. The van der Waals surface area contributed by atoms with E-state index in [-0.39, 0.29) is 0 Å². The quantitative estimate of drug-likeness (QED) is 0.659. The van der Waals surface area contributed by atoms with Crippen molar-refractivity contribution >= 4 is 0 Å². The lowest BCUT2D eigenvalue weighted by Gasteiger charge is -2.10. The first-order valence-corrected chi connectivity index (χ1v) is 6.20. The molecule has 1 N–H and O–H groups in total. The third-order valence-electron chi connectivity index (χ3n) is 3.17. The molecule has 1 atom stereocenters. The number of nitrogens with one attached hydrogen (secondary N) is 1. The number of hydrogen-bond acceptors (Lipinski definition) is 2. The Morgan fingerprint density at radius 3 is 3.00 bits per heavy atom. The van der Waals surface area contributed by atoms with Crippen LogP contribution < -0.4 is 5.32 Å². The van der Waals surface area contributed by atoms with Crippen molar-refractivity contribution in [2.24, 2.45) is 0 Å². The van der Waals surface area contributed by atoms with E-state index in [0.29, 0.717) is 12.8 Å². The van der Waals surface area contributed by atoms with Crippen LogP contribution in [-0.4, -0.2) is 12.8 Å². The summed E-state index contributed by atoms with van der Waals surface area (Å²) in [7, 11) is 0. The molecule has 1 aliphatic heterocycles. The summed E-state index contributed by atoms with van der Waals surface area (Å²) in [5, 5.41) is 3.39. The third kappa shape index (κ3) is 3.38. The van der Waals surface area contributed by atoms with Crippen molar-refractivity contribution in [2.45, 2.75) is 51.0 Å². The molecule has 1 fully saturated rings. The number of ether oxygens (including phenoxy) is 1. The highest BCUT2D eigenvalue weighted by Crippen LogP contribution is 2.19. The zero-order valence-corrected chi connectivity index (χ0v) is 9.37. The number of allylic oxidation sites excluding steroid dienone is 3. The summed E-state index contributed by atoms with van der Waals surface area (Å²) in [6.45, 7) is 0.685. The topological polar surface area (TPSA) is 21.3 Å². The van der Waals surface area contributed by atoms with Gasteiger partial charge in [0, 0.05) is 0 Å². The van der Waals surface area contributed by atoms with Crippen LogP contribution in [0, 0.1) is 0 Å². The molecule has 1 heterocycles. The second-order valence-electron chi connectivity index (χ2n) is 4.39. The fraction of sp³-hybridized carbons (Fsp3) is 0.692. The van der Waals surface area contributed by atoms with Gasteiger partial charge in [-0.2, -0.15) is 0 Å². The molecule has 2 heteroatoms. The van der Waals surface area contributed by atoms with E-state index < -0.39 is 0 Å². The molecule has 0 aromatic carbocycles. The summed E-state index contributed by atoms with van der Waals surface area (Å²) < 4.78 is 5.56. The molecule has 84 valence electrons. The third-order valence-corrected chi connectivity index (χ3v) is 3.17. The lowest BCUT2D eigenvalue weighted by atomic mass is 10.0. The summed E-state index contributed by atoms with van der Waals surface area (Å²) in [6.07, 6.45) is 15.8. The van der Waals surface area contributed by atoms with Crippen molar-refractivity contribution in [3.05, 3.63) is 24.0 Å². The average molecular weight is 207 g/mol. The van der Waals surface area contributed by atoms with Crippen LogP contribution in [0.2, 0.25) is 0 Å². The van der Waals surface area contributed by atoms with E-state index in [1.807, 2.05) is 0 Å². The number of rotatable bonds is 0. The van der Waals surface area contributed by atoms with Gasteiger partial charge in [0.05, 0.1) is 6.04 Å². The Hall–Kier alpha value is -0.760. The highest BCUT2D eigenvalue weighted by Gasteiger charge is 2.20. The second kappa shape index (κ2) is 5.96. The van der Waals surface area contributed by atoms with Crippen LogP contribution in [0.4, 0.5) is 0 Å². The van der Waals surface area contributed by atoms with E-state index in [1.54, 1.807) is 0 Å². The Morgan fingerprint density at radius 1 is 1.13 bits per heavy atom. The van der Waals surface area contributed by atoms with E-state index in [0.717, 1.165) is 5.76 Å². The van der Waals surface area contributed by atoms with Crippen molar-refractivity contribution < 1.29 is 4.74 Å². The van der Waals surface area contributed by atoms with E-state index in [1.165, 1.54) is 44.9 Å². The summed E-state index contributed by atoms with van der Waals surface area (Å²) in [6, 6.07) is 0.467. The molecule has 0 spiro atoms. The Morgan fingerprint density at radius 2 is 2.00 bits per heavy atom. The van der Waals surface area contributed by atoms with E-state index in [9.17, 15) is 0 Å². The van der Waals surface area contributed by atoms with Crippen molar-refractivity contribution in [2.75, 3.05) is 6.73 Å². The van der Waals surface area contributed by atoms with E-state index in [4.69, 9.17) is 4.74 Å². The van der Waals surface area contributed by atoms with Gasteiger partial charge in [-0.05, 0) is 25.3 Å². The van der Waals surface area contributed by atoms with Gasteiger partial charge >= 0.3 is 0 Å². The minimum absolute atomic E-state index is 0.467. The normalized spacial score (nSPS) is 33.9. The summed E-state index contributed by atoms with van der Waals surface area (Å²) in [5.74, 6) is 1.13. The van der Waals surface area contributed by atoms with Gasteiger partial charge in [-0.15, -0.1) is 0 Å². The fourth-order valence-electron chi connectivity index (χ4n) is 2.24. The molecule has 0 radical (unpaired) electrons. The zero-order valence-electron chi connectivity index (χ0n) is 9.37. The molecule has 1 saturated heterocycles. The highest BCUT2D eigenvalue weighted by atomic mass is 16.5. The maximum absolute atomic E-state index is 5.56. The predicted molar refractivity (Wildman–Crippen MR) is 62.4 cm³/mol. The first-order valence-electron chi connectivity index (χ1n) is 6.20. The minimum atomic E-state index is 0.467. The zero-order chi connectivity index (χ0) is 10.3. The Balaban J connectivity index is 1.95. The predicted octanol–water partition coefficient (Wildman–Crippen LogP) is 3.12. The van der Waals surface area contributed by atoms with Crippen LogP contribution in [0.5, 0.6) is 0 Å². The van der Waals surface area contributed by atoms with Gasteiger partial charge in [0.1, 0.15) is 12.5 Å².